The smallest absolute Gasteiger partial charge is 0.316 e. The summed E-state index contributed by atoms with van der Waals surface area (Å²) < 4.78 is 9.50. The second-order valence-corrected chi connectivity index (χ2v) is 5.41. The maximum absolute atomic E-state index is 11.7. The molecule has 0 aromatic rings. The zero-order valence-electron chi connectivity index (χ0n) is 8.17. The number of aliphatic hydroxyl groups is 1. The van der Waals surface area contributed by atoms with E-state index in [0.29, 0.717) is 13.0 Å². The van der Waals surface area contributed by atoms with Crippen LogP contribution < -0.4 is 0 Å². The Bertz CT molecular complexity index is 287. The first-order chi connectivity index (χ1) is 6.40. The van der Waals surface area contributed by atoms with Crippen molar-refractivity contribution >= 4 is 21.9 Å². The average Bonchev–Trinajstić information content (AvgIpc) is 2.67. The quantitative estimate of drug-likeness (QED) is 0.593. The van der Waals surface area contributed by atoms with E-state index in [2.05, 4.69) is 15.9 Å². The first-order valence-electron chi connectivity index (χ1n) is 4.62. The number of fused-ring (bicyclic) bond motifs is 1. The molecule has 0 aromatic heterocycles. The Hall–Kier alpha value is -0.130. The van der Waals surface area contributed by atoms with Gasteiger partial charge in [0, 0.05) is 0 Å². The van der Waals surface area contributed by atoms with Gasteiger partial charge in [-0.1, -0.05) is 15.9 Å². The first-order valence-corrected chi connectivity index (χ1v) is 5.41. The third-order valence-electron chi connectivity index (χ3n) is 3.18. The largest absolute Gasteiger partial charge is 0.465 e. The number of hydrogen-bond donors (Lipinski definition) is 1. The van der Waals surface area contributed by atoms with Gasteiger partial charge in [-0.2, -0.15) is 0 Å². The molecule has 0 bridgehead atoms. The van der Waals surface area contributed by atoms with Crippen LogP contribution in [0.1, 0.15) is 20.3 Å². The fraction of sp³-hybridized carbons (Fsp3) is 0.889. The Balaban J connectivity index is 2.21. The molecule has 80 valence electrons. The Labute approximate surface area is 90.7 Å². The summed E-state index contributed by atoms with van der Waals surface area (Å²) in [6.07, 6.45) is 0.575. The van der Waals surface area contributed by atoms with Crippen LogP contribution in [0.2, 0.25) is 0 Å². The summed E-state index contributed by atoms with van der Waals surface area (Å²) in [7, 11) is 0. The predicted molar refractivity (Wildman–Crippen MR) is 51.9 cm³/mol. The molecule has 1 aliphatic heterocycles. The van der Waals surface area contributed by atoms with Crippen molar-refractivity contribution in [2.24, 2.45) is 5.41 Å². The van der Waals surface area contributed by atoms with Crippen LogP contribution in [0.3, 0.4) is 0 Å². The van der Waals surface area contributed by atoms with E-state index < -0.39 is 15.5 Å². The van der Waals surface area contributed by atoms with Crippen LogP contribution in [-0.4, -0.2) is 34.4 Å². The van der Waals surface area contributed by atoms with Crippen molar-refractivity contribution in [1.29, 1.82) is 0 Å². The van der Waals surface area contributed by atoms with Crippen LogP contribution in [0, 0.1) is 5.41 Å². The third-order valence-corrected chi connectivity index (χ3v) is 4.96. The summed E-state index contributed by atoms with van der Waals surface area (Å²) in [6, 6.07) is 0. The van der Waals surface area contributed by atoms with Gasteiger partial charge in [0.15, 0.2) is 5.79 Å². The van der Waals surface area contributed by atoms with Crippen LogP contribution in [0.5, 0.6) is 0 Å². The van der Waals surface area contributed by atoms with E-state index in [4.69, 9.17) is 9.47 Å². The number of halogens is 1. The number of carbonyl (C=O) groups excluding carboxylic acids is 1. The lowest BCUT2D eigenvalue weighted by atomic mass is 10.0. The van der Waals surface area contributed by atoms with Gasteiger partial charge < -0.3 is 14.6 Å². The van der Waals surface area contributed by atoms with E-state index in [9.17, 15) is 9.90 Å². The van der Waals surface area contributed by atoms with E-state index in [1.807, 2.05) is 0 Å². The zero-order valence-corrected chi connectivity index (χ0v) is 9.76. The molecule has 0 spiro atoms. The molecule has 1 N–H and O–H groups in total. The van der Waals surface area contributed by atoms with E-state index in [0.717, 1.165) is 0 Å². The third kappa shape index (κ3) is 0.978. The molecule has 2 rings (SSSR count). The van der Waals surface area contributed by atoms with Gasteiger partial charge in [-0.15, -0.1) is 0 Å². The van der Waals surface area contributed by atoms with Gasteiger partial charge in [0.25, 0.3) is 0 Å². The lowest BCUT2D eigenvalue weighted by Gasteiger charge is -2.23. The number of ether oxygens (including phenoxy) is 2. The lowest BCUT2D eigenvalue weighted by Crippen LogP contribution is -2.37. The zero-order chi connectivity index (χ0) is 10.6. The number of hydrogen-bond acceptors (Lipinski definition) is 4. The van der Waals surface area contributed by atoms with Crippen molar-refractivity contribution in [3.05, 3.63) is 0 Å². The van der Waals surface area contributed by atoms with Crippen molar-refractivity contribution in [1.82, 2.24) is 0 Å². The highest BCUT2D eigenvalue weighted by atomic mass is 79.9. The highest BCUT2D eigenvalue weighted by Crippen LogP contribution is 2.72. The van der Waals surface area contributed by atoms with Gasteiger partial charge in [-0.05, 0) is 20.3 Å². The SMILES string of the molecule is CCOC(=O)C12COC(C)(O)C1(Br)C2. The molecule has 0 aromatic carbocycles. The second-order valence-electron chi connectivity index (χ2n) is 4.05. The van der Waals surface area contributed by atoms with Crippen molar-refractivity contribution in [3.8, 4) is 0 Å². The highest BCUT2D eigenvalue weighted by molar-refractivity contribution is 9.10. The van der Waals surface area contributed by atoms with Crippen LogP contribution in [0.4, 0.5) is 0 Å². The number of alkyl halides is 1. The van der Waals surface area contributed by atoms with Crippen molar-refractivity contribution < 1.29 is 19.4 Å². The fourth-order valence-corrected chi connectivity index (χ4v) is 2.95. The summed E-state index contributed by atoms with van der Waals surface area (Å²) in [4.78, 5) is 11.7. The molecule has 14 heavy (non-hydrogen) atoms. The maximum Gasteiger partial charge on any atom is 0.316 e. The topological polar surface area (TPSA) is 55.8 Å². The van der Waals surface area contributed by atoms with Gasteiger partial charge in [0.1, 0.15) is 5.41 Å². The van der Waals surface area contributed by atoms with E-state index in [1.165, 1.54) is 0 Å². The second kappa shape index (κ2) is 2.71. The molecule has 0 amide bonds. The molecule has 1 saturated heterocycles. The Morgan fingerprint density at radius 2 is 2.36 bits per heavy atom. The van der Waals surface area contributed by atoms with Gasteiger partial charge in [0.2, 0.25) is 0 Å². The normalized spacial score (nSPS) is 50.0. The number of carbonyl (C=O) groups is 1. The summed E-state index contributed by atoms with van der Waals surface area (Å²) in [5, 5.41) is 9.87. The van der Waals surface area contributed by atoms with Crippen molar-refractivity contribution in [2.75, 3.05) is 13.2 Å². The summed E-state index contributed by atoms with van der Waals surface area (Å²) in [6.45, 7) is 3.91. The number of rotatable bonds is 2. The monoisotopic (exact) mass is 264 g/mol. The minimum Gasteiger partial charge on any atom is -0.465 e. The van der Waals surface area contributed by atoms with E-state index in [-0.39, 0.29) is 12.6 Å². The Morgan fingerprint density at radius 1 is 1.71 bits per heavy atom. The molecule has 1 aliphatic carbocycles. The van der Waals surface area contributed by atoms with Crippen molar-refractivity contribution in [2.45, 2.75) is 30.4 Å². The van der Waals surface area contributed by atoms with Gasteiger partial charge in [0.05, 0.1) is 17.5 Å². The van der Waals surface area contributed by atoms with Gasteiger partial charge in [-0.3, -0.25) is 4.79 Å². The standard InChI is InChI=1S/C9H13BrO4/c1-3-13-6(11)8-4-9(8,10)7(2,12)14-5-8/h12H,3-5H2,1-2H3. The minimum atomic E-state index is -1.28. The highest BCUT2D eigenvalue weighted by Gasteiger charge is 2.83. The molecular formula is C9H13BrO4. The summed E-state index contributed by atoms with van der Waals surface area (Å²) >= 11 is 3.39. The van der Waals surface area contributed by atoms with Crippen LogP contribution in [0.15, 0.2) is 0 Å². The van der Waals surface area contributed by atoms with E-state index >= 15 is 0 Å². The predicted octanol–water partition coefficient (Wildman–Crippen LogP) is 0.812. The first kappa shape index (κ1) is 10.4. The number of esters is 1. The van der Waals surface area contributed by atoms with Crippen LogP contribution in [-0.2, 0) is 14.3 Å². The molecule has 1 heterocycles. The van der Waals surface area contributed by atoms with Crippen molar-refractivity contribution in [3.63, 3.8) is 0 Å². The molecule has 1 saturated carbocycles. The molecule has 2 aliphatic rings. The Morgan fingerprint density at radius 3 is 2.71 bits per heavy atom. The fourth-order valence-electron chi connectivity index (χ4n) is 2.09. The van der Waals surface area contributed by atoms with E-state index in [1.54, 1.807) is 13.8 Å². The van der Waals surface area contributed by atoms with Gasteiger partial charge >= 0.3 is 5.97 Å². The summed E-state index contributed by atoms with van der Waals surface area (Å²) in [5.74, 6) is -1.56. The molecule has 2 fully saturated rings. The lowest BCUT2D eigenvalue weighted by molar-refractivity contribution is -0.170. The minimum absolute atomic E-state index is 0.226. The Kier molecular flexibility index (Phi) is 2.01. The molecule has 4 nitrogen and oxygen atoms in total. The molecule has 0 radical (unpaired) electrons. The van der Waals surface area contributed by atoms with Crippen LogP contribution >= 0.6 is 15.9 Å². The molecular weight excluding hydrogens is 252 g/mol. The average molecular weight is 265 g/mol. The van der Waals surface area contributed by atoms with Gasteiger partial charge in [-0.25, -0.2) is 0 Å². The molecule has 5 heteroatoms. The maximum atomic E-state index is 11.7. The molecule has 3 atom stereocenters. The van der Waals surface area contributed by atoms with Crippen LogP contribution in [0.25, 0.3) is 0 Å². The molecule has 3 unspecified atom stereocenters. The summed E-state index contributed by atoms with van der Waals surface area (Å²) in [5.41, 5.74) is -0.674.